The maximum Gasteiger partial charge on any atom is 0.472 e. The Kier molecular flexibility index (Phi) is 50.7. The highest BCUT2D eigenvalue weighted by Crippen LogP contribution is 2.48. The Labute approximate surface area is 666 Å². The molecule has 6 amide bonds. The van der Waals surface area contributed by atoms with Gasteiger partial charge in [-0.2, -0.15) is 4.67 Å². The minimum absolute atomic E-state index is 0.0169. The van der Waals surface area contributed by atoms with Gasteiger partial charge >= 0.3 is 23.0 Å². The first-order valence-corrected chi connectivity index (χ1v) is 43.4. The van der Waals surface area contributed by atoms with E-state index >= 15 is 0 Å². The van der Waals surface area contributed by atoms with Gasteiger partial charge in [0, 0.05) is 148 Å². The van der Waals surface area contributed by atoms with Crippen molar-refractivity contribution in [2.45, 2.75) is 210 Å². The Balaban J connectivity index is 1.53. The summed E-state index contributed by atoms with van der Waals surface area (Å²) < 4.78 is 115. The molecule has 0 aromatic carbocycles. The van der Waals surface area contributed by atoms with Crippen molar-refractivity contribution in [3.05, 3.63) is 0 Å². The van der Waals surface area contributed by atoms with Gasteiger partial charge in [-0.3, -0.25) is 66.1 Å². The van der Waals surface area contributed by atoms with Crippen LogP contribution in [0.4, 0.5) is 0 Å². The van der Waals surface area contributed by atoms with Gasteiger partial charge in [-0.1, -0.05) is 6.92 Å². The number of unbranched alkanes of at least 4 members (excludes halogenated alkanes) is 1. The van der Waals surface area contributed by atoms with Gasteiger partial charge in [-0.15, -0.1) is 0 Å². The Morgan fingerprint density at radius 1 is 0.409 bits per heavy atom. The molecule has 17 N–H and O–H groups in total. The maximum absolute atomic E-state index is 13.9. The first-order valence-electron chi connectivity index (χ1n) is 37.9. The second-order valence-corrected chi connectivity index (χ2v) is 33.7. The van der Waals surface area contributed by atoms with Crippen molar-refractivity contribution < 1.29 is 183 Å². The minimum atomic E-state index is -5.09. The number of aliphatic hydroxyl groups excluding tert-OH is 9. The standard InChI is InChI=1S/C68H121N6O38P3/c1-41-58(72-42(2)79)66(109-52(31-76)61(41)89)102-25-23-99-39-56(87)70-20-11-16-50(84)27-45(30-75)34-107-115(97,98)108-38-47(29-51(85)17-12-21-71-57(88)40-100-24-26-103-68-60(74-44(4)81)65(93)63(91)54(33-78)111-68)36-105-113(5,95)104-35-46(37-106-114(6,96)112-94)28-49(83)14-9-13-48(82)15-10-19-69-55(86)18-7-8-22-101-67-59(73-43(3)80)64(92)62(90)53(32-77)110-67/h41,45-47,52-54,58-68,75-78,89-94H,7-40H2,1-6H3,(H,69,86)(H,70,87)(H,71,88)(H,72,79)(H,73,80)(H,74,81)(H,97,98). The Bertz CT molecular complexity index is 3120. The molecule has 0 spiro atoms. The maximum atomic E-state index is 13.9. The average molecular weight is 1720 g/mol. The number of carbonyl (C=O) groups is 10. The Hall–Kier alpha value is -4.81. The largest absolute Gasteiger partial charge is 0.472 e. The number of ketones is 4. The number of carbonyl (C=O) groups excluding carboxylic acids is 10. The SMILES string of the molecule is CC(=O)NC1C(OCCOCC(=O)NCCCC(=O)CC(CO)COP(=O)(O)OCC(COP(C)(=O)OCC(COP(C)(=O)OO)CC(=O)CCCC(=O)CCCNC(=O)CCCCOC2OC(CO)C(O)C(O)C2NC(C)=O)CC(=O)CCCNC(=O)COCCOC2OC(CO)C(O)C(O)C2NC(C)=O)OC(CO)C(O)C1C. The first-order chi connectivity index (χ1) is 54.4. The van der Waals surface area contributed by atoms with E-state index in [1.807, 2.05) is 0 Å². The summed E-state index contributed by atoms with van der Waals surface area (Å²) in [6, 6.07) is -3.08. The van der Waals surface area contributed by atoms with Gasteiger partial charge in [-0.25, -0.2) is 9.82 Å². The fourth-order valence-corrected chi connectivity index (χ4v) is 14.2. The summed E-state index contributed by atoms with van der Waals surface area (Å²) in [5, 5.41) is 115. The molecule has 3 rings (SSSR count). The molecular weight excluding hydrogens is 1600 g/mol. The molecule has 0 aromatic rings. The second kappa shape index (κ2) is 55.9. The Morgan fingerprint density at radius 3 is 1.19 bits per heavy atom. The zero-order chi connectivity index (χ0) is 85.8. The van der Waals surface area contributed by atoms with Gasteiger partial charge < -0.3 is 134 Å². The van der Waals surface area contributed by atoms with Gasteiger partial charge in [-0.05, 0) is 38.5 Å². The Morgan fingerprint density at radius 2 is 0.765 bits per heavy atom. The number of nitrogens with one attached hydrogen (secondary N) is 6. The number of phosphoric acid groups is 1. The molecule has 666 valence electrons. The molecule has 3 saturated heterocycles. The van der Waals surface area contributed by atoms with Crippen LogP contribution in [0.1, 0.15) is 124 Å². The lowest BCUT2D eigenvalue weighted by Gasteiger charge is -2.43. The molecule has 3 aliphatic rings. The number of aliphatic hydroxyl groups is 9. The molecule has 21 unspecified atom stereocenters. The predicted octanol–water partition coefficient (Wildman–Crippen LogP) is -3.19. The third kappa shape index (κ3) is 42.8. The summed E-state index contributed by atoms with van der Waals surface area (Å²) >= 11 is 0. The highest BCUT2D eigenvalue weighted by atomic mass is 31.2. The van der Waals surface area contributed by atoms with Gasteiger partial charge in [0.2, 0.25) is 35.4 Å². The van der Waals surface area contributed by atoms with E-state index in [-0.39, 0.29) is 141 Å². The van der Waals surface area contributed by atoms with Crippen LogP contribution in [0.2, 0.25) is 0 Å². The highest BCUT2D eigenvalue weighted by molar-refractivity contribution is 7.53. The van der Waals surface area contributed by atoms with Gasteiger partial charge in [0.15, 0.2) is 18.9 Å². The average Bonchev–Trinajstić information content (AvgIpc) is 0.818. The topological polar surface area (TPSA) is 646 Å². The first kappa shape index (κ1) is 104. The lowest BCUT2D eigenvalue weighted by atomic mass is 9.89. The van der Waals surface area contributed by atoms with E-state index in [0.717, 1.165) is 20.3 Å². The van der Waals surface area contributed by atoms with Crippen molar-refractivity contribution in [3.63, 3.8) is 0 Å². The molecule has 0 bridgehead atoms. The summed E-state index contributed by atoms with van der Waals surface area (Å²) in [4.78, 5) is 136. The molecular formula is C68H121N6O38P3. The number of Topliss-reactive ketones (excluding diaryl/α,β-unsaturated/α-hetero) is 4. The monoisotopic (exact) mass is 1720 g/mol. The zero-order valence-electron chi connectivity index (χ0n) is 65.7. The van der Waals surface area contributed by atoms with Crippen LogP contribution >= 0.6 is 23.0 Å². The van der Waals surface area contributed by atoms with Crippen LogP contribution in [0, 0.1) is 23.7 Å². The summed E-state index contributed by atoms with van der Waals surface area (Å²) in [6.07, 6.45) is -14.2. The van der Waals surface area contributed by atoms with E-state index in [2.05, 4.69) is 36.6 Å². The van der Waals surface area contributed by atoms with E-state index in [1.165, 1.54) is 13.8 Å². The van der Waals surface area contributed by atoms with Crippen molar-refractivity contribution in [2.75, 3.05) is 139 Å². The van der Waals surface area contributed by atoms with Crippen molar-refractivity contribution in [1.29, 1.82) is 0 Å². The number of hydrogen-bond donors (Lipinski definition) is 17. The van der Waals surface area contributed by atoms with Gasteiger partial charge in [0.1, 0.15) is 91.2 Å². The summed E-state index contributed by atoms with van der Waals surface area (Å²) in [7, 11) is -13.4. The number of amides is 6. The lowest BCUT2D eigenvalue weighted by molar-refractivity contribution is -0.271. The molecule has 21 atom stereocenters. The smallest absolute Gasteiger partial charge is 0.396 e. The lowest BCUT2D eigenvalue weighted by Crippen LogP contribution is -2.64. The van der Waals surface area contributed by atoms with E-state index in [1.54, 1.807) is 6.92 Å². The number of ether oxygens (including phenoxy) is 8. The van der Waals surface area contributed by atoms with Crippen LogP contribution in [0.3, 0.4) is 0 Å². The van der Waals surface area contributed by atoms with Crippen molar-refractivity contribution in [3.8, 4) is 0 Å². The van der Waals surface area contributed by atoms with Crippen molar-refractivity contribution in [1.82, 2.24) is 31.9 Å². The fourth-order valence-electron chi connectivity index (χ4n) is 11.8. The molecule has 0 aliphatic carbocycles. The third-order valence-corrected chi connectivity index (χ3v) is 21.1. The summed E-state index contributed by atoms with van der Waals surface area (Å²) in [5.74, 6) is -8.30. The van der Waals surface area contributed by atoms with Gasteiger partial charge in [0.25, 0.3) is 0 Å². The highest BCUT2D eigenvalue weighted by Gasteiger charge is 2.48. The van der Waals surface area contributed by atoms with Crippen LogP contribution in [0.5, 0.6) is 0 Å². The zero-order valence-corrected chi connectivity index (χ0v) is 68.4. The predicted molar refractivity (Wildman–Crippen MR) is 395 cm³/mol. The summed E-state index contributed by atoms with van der Waals surface area (Å²) in [5.41, 5.74) is 0. The second-order valence-electron chi connectivity index (χ2n) is 28.2. The molecule has 3 heterocycles. The van der Waals surface area contributed by atoms with E-state index < -0.39 is 258 Å². The fraction of sp³-hybridized carbons (Fsp3) is 0.853. The van der Waals surface area contributed by atoms with Crippen LogP contribution in [-0.2, 0) is 127 Å². The van der Waals surface area contributed by atoms with Crippen molar-refractivity contribution in [2.24, 2.45) is 23.7 Å². The van der Waals surface area contributed by atoms with E-state index in [4.69, 9.17) is 65.8 Å². The molecule has 44 nitrogen and oxygen atoms in total. The van der Waals surface area contributed by atoms with Crippen LogP contribution in [0.15, 0.2) is 0 Å². The molecule has 0 radical (unpaired) electrons. The molecule has 115 heavy (non-hydrogen) atoms. The number of rotatable bonds is 63. The molecule has 3 fully saturated rings. The normalized spacial score (nSPS) is 26.0. The van der Waals surface area contributed by atoms with Crippen LogP contribution < -0.4 is 31.9 Å². The van der Waals surface area contributed by atoms with Gasteiger partial charge in [0.05, 0.1) is 91.4 Å². The van der Waals surface area contributed by atoms with Crippen molar-refractivity contribution >= 4 is 81.6 Å². The van der Waals surface area contributed by atoms with E-state index in [9.17, 15) is 112 Å². The minimum Gasteiger partial charge on any atom is -0.396 e. The molecule has 3 aliphatic heterocycles. The molecule has 0 aromatic heterocycles. The number of hydrogen-bond acceptors (Lipinski definition) is 37. The molecule has 47 heteroatoms. The van der Waals surface area contributed by atoms with E-state index in [0.29, 0.717) is 12.8 Å². The van der Waals surface area contributed by atoms with Crippen LogP contribution in [0.25, 0.3) is 0 Å². The quantitative estimate of drug-likeness (QED) is 0.0123. The van der Waals surface area contributed by atoms with Crippen LogP contribution in [-0.4, -0.2) is 339 Å². The molecule has 0 saturated carbocycles. The third-order valence-electron chi connectivity index (χ3n) is 18.0. The summed E-state index contributed by atoms with van der Waals surface area (Å²) in [6.45, 7) is 0.209. The number of phosphoric ester groups is 1.